The molecule has 2 aromatic carbocycles. The highest BCUT2D eigenvalue weighted by atomic mass is 35.5. The van der Waals surface area contributed by atoms with Crippen LogP contribution in [0.5, 0.6) is 0 Å². The van der Waals surface area contributed by atoms with Crippen molar-refractivity contribution >= 4 is 69.6 Å². The van der Waals surface area contributed by atoms with Crippen molar-refractivity contribution in [3.63, 3.8) is 0 Å². The van der Waals surface area contributed by atoms with Crippen molar-refractivity contribution in [3.8, 4) is 0 Å². The first-order valence-corrected chi connectivity index (χ1v) is 8.86. The summed E-state index contributed by atoms with van der Waals surface area (Å²) in [4.78, 5) is 35.0. The molecule has 132 valence electrons. The van der Waals surface area contributed by atoms with Gasteiger partial charge in [-0.3, -0.25) is 14.9 Å². The third kappa shape index (κ3) is 4.57. The molecule has 0 aliphatic carbocycles. The van der Waals surface area contributed by atoms with Gasteiger partial charge in [0.2, 0.25) is 0 Å². The van der Waals surface area contributed by atoms with E-state index in [4.69, 9.17) is 23.2 Å². The first-order valence-electron chi connectivity index (χ1n) is 7.29. The van der Waals surface area contributed by atoms with E-state index in [2.05, 4.69) is 16.0 Å². The number of amides is 4. The van der Waals surface area contributed by atoms with E-state index in [1.807, 2.05) is 0 Å². The minimum absolute atomic E-state index is 0.327. The maximum atomic E-state index is 12.0. The minimum atomic E-state index is -0.439. The molecular weight excluding hydrogens is 397 g/mol. The first-order chi connectivity index (χ1) is 12.4. The molecule has 1 fully saturated rings. The fourth-order valence-electron chi connectivity index (χ4n) is 2.10. The molecule has 3 rings (SSSR count). The number of hydrogen-bond acceptors (Lipinski definition) is 4. The molecule has 6 nitrogen and oxygen atoms in total. The largest absolute Gasteiger partial charge is 0.323 e. The predicted octanol–water partition coefficient (Wildman–Crippen LogP) is 4.96. The van der Waals surface area contributed by atoms with Gasteiger partial charge < -0.3 is 10.6 Å². The Morgan fingerprint density at radius 2 is 1.62 bits per heavy atom. The van der Waals surface area contributed by atoms with Crippen LogP contribution in [0.15, 0.2) is 47.4 Å². The van der Waals surface area contributed by atoms with Gasteiger partial charge in [-0.2, -0.15) is 0 Å². The lowest BCUT2D eigenvalue weighted by Crippen LogP contribution is -2.19. The lowest BCUT2D eigenvalue weighted by atomic mass is 10.2. The van der Waals surface area contributed by atoms with Crippen molar-refractivity contribution in [2.75, 3.05) is 10.6 Å². The second-order valence-corrected chi connectivity index (χ2v) is 7.01. The summed E-state index contributed by atoms with van der Waals surface area (Å²) < 4.78 is 0. The molecule has 2 aromatic rings. The molecule has 0 spiro atoms. The van der Waals surface area contributed by atoms with Crippen LogP contribution in [0.4, 0.5) is 21.0 Å². The van der Waals surface area contributed by atoms with Gasteiger partial charge in [0, 0.05) is 11.4 Å². The maximum absolute atomic E-state index is 12.0. The van der Waals surface area contributed by atoms with Gasteiger partial charge in [0.25, 0.3) is 11.1 Å². The van der Waals surface area contributed by atoms with Gasteiger partial charge in [0.05, 0.1) is 15.0 Å². The third-order valence-electron chi connectivity index (χ3n) is 3.29. The molecule has 1 heterocycles. The van der Waals surface area contributed by atoms with Gasteiger partial charge in [-0.1, -0.05) is 35.3 Å². The van der Waals surface area contributed by atoms with Crippen LogP contribution in [0.2, 0.25) is 10.0 Å². The summed E-state index contributed by atoms with van der Waals surface area (Å²) in [6, 6.07) is 11.1. The van der Waals surface area contributed by atoms with Crippen LogP contribution in [-0.4, -0.2) is 17.2 Å². The molecule has 0 aromatic heterocycles. The molecule has 1 aliphatic heterocycles. The number of thioether (sulfide) groups is 1. The molecule has 1 aliphatic rings. The lowest BCUT2D eigenvalue weighted by molar-refractivity contribution is -0.115. The second-order valence-electron chi connectivity index (χ2n) is 5.18. The second kappa shape index (κ2) is 7.82. The van der Waals surface area contributed by atoms with E-state index in [0.29, 0.717) is 26.3 Å². The fourth-order valence-corrected chi connectivity index (χ4v) is 3.08. The van der Waals surface area contributed by atoms with Crippen LogP contribution in [-0.2, 0) is 4.79 Å². The molecule has 0 radical (unpaired) electrons. The van der Waals surface area contributed by atoms with Gasteiger partial charge in [0.15, 0.2) is 0 Å². The lowest BCUT2D eigenvalue weighted by Gasteiger charge is -2.08. The summed E-state index contributed by atoms with van der Waals surface area (Å²) in [5.74, 6) is -0.414. The number of hydrogen-bond donors (Lipinski definition) is 3. The van der Waals surface area contributed by atoms with Crippen LogP contribution in [0, 0.1) is 0 Å². The molecule has 0 saturated carbocycles. The highest BCUT2D eigenvalue weighted by molar-refractivity contribution is 8.18. The SMILES string of the molecule is O=C(Nc1ccc(/C=C2\SC(=O)NC2=O)cc1)Nc1ccc(Cl)c(Cl)c1. The van der Waals surface area contributed by atoms with Gasteiger partial charge in [-0.05, 0) is 53.7 Å². The molecule has 0 unspecified atom stereocenters. The van der Waals surface area contributed by atoms with Crippen LogP contribution < -0.4 is 16.0 Å². The van der Waals surface area contributed by atoms with Crippen molar-refractivity contribution in [1.29, 1.82) is 0 Å². The van der Waals surface area contributed by atoms with Crippen molar-refractivity contribution < 1.29 is 14.4 Å². The quantitative estimate of drug-likeness (QED) is 0.627. The highest BCUT2D eigenvalue weighted by Gasteiger charge is 2.24. The summed E-state index contributed by atoms with van der Waals surface area (Å²) in [5, 5.41) is 7.86. The Kier molecular flexibility index (Phi) is 5.51. The molecule has 4 amide bonds. The van der Waals surface area contributed by atoms with Crippen LogP contribution >= 0.6 is 35.0 Å². The molecule has 26 heavy (non-hydrogen) atoms. The molecule has 1 saturated heterocycles. The van der Waals surface area contributed by atoms with Crippen molar-refractivity contribution in [1.82, 2.24) is 5.32 Å². The Hall–Kier alpha value is -2.48. The molecule has 9 heteroatoms. The number of anilines is 2. The zero-order valence-electron chi connectivity index (χ0n) is 13.0. The number of nitrogens with one attached hydrogen (secondary N) is 3. The van der Waals surface area contributed by atoms with Crippen molar-refractivity contribution in [2.45, 2.75) is 0 Å². The Labute approximate surface area is 162 Å². The number of rotatable bonds is 3. The van der Waals surface area contributed by atoms with E-state index < -0.39 is 17.2 Å². The average Bonchev–Trinajstić information content (AvgIpc) is 2.90. The molecule has 3 N–H and O–H groups in total. The Morgan fingerprint density at radius 1 is 0.962 bits per heavy atom. The monoisotopic (exact) mass is 407 g/mol. The fraction of sp³-hybridized carbons (Fsp3) is 0. The molecular formula is C17H11Cl2N3O3S. The number of carbonyl (C=O) groups excluding carboxylic acids is 3. The normalized spacial score (nSPS) is 15.1. The number of benzene rings is 2. The Bertz CT molecular complexity index is 929. The topological polar surface area (TPSA) is 87.3 Å². The van der Waals surface area contributed by atoms with Crippen LogP contribution in [0.1, 0.15) is 5.56 Å². The summed E-state index contributed by atoms with van der Waals surface area (Å²) in [6.45, 7) is 0. The molecule has 0 bridgehead atoms. The van der Waals surface area contributed by atoms with E-state index in [-0.39, 0.29) is 0 Å². The van der Waals surface area contributed by atoms with Gasteiger partial charge >= 0.3 is 6.03 Å². The third-order valence-corrected chi connectivity index (χ3v) is 4.84. The van der Waals surface area contributed by atoms with E-state index in [0.717, 1.165) is 17.3 Å². The van der Waals surface area contributed by atoms with Gasteiger partial charge in [-0.25, -0.2) is 4.79 Å². The summed E-state index contributed by atoms with van der Waals surface area (Å²) >= 11 is 12.6. The summed E-state index contributed by atoms with van der Waals surface area (Å²) in [6.07, 6.45) is 1.60. The van der Waals surface area contributed by atoms with Crippen LogP contribution in [0.3, 0.4) is 0 Å². The number of urea groups is 1. The standard InChI is InChI=1S/C17H11Cl2N3O3S/c18-12-6-5-11(8-13(12)19)21-16(24)20-10-3-1-9(2-4-10)7-14-15(23)22-17(25)26-14/h1-8H,(H2,20,21,24)(H,22,23,25)/b14-7-. The van der Waals surface area contributed by atoms with E-state index in [1.165, 1.54) is 0 Å². The first kappa shape index (κ1) is 18.3. The van der Waals surface area contributed by atoms with Crippen LogP contribution in [0.25, 0.3) is 6.08 Å². The Morgan fingerprint density at radius 3 is 2.23 bits per heavy atom. The molecule has 0 atom stereocenters. The smallest absolute Gasteiger partial charge is 0.308 e. The summed E-state index contributed by atoms with van der Waals surface area (Å²) in [7, 11) is 0. The van der Waals surface area contributed by atoms with Gasteiger partial charge in [-0.15, -0.1) is 0 Å². The minimum Gasteiger partial charge on any atom is -0.308 e. The number of imide groups is 1. The zero-order valence-corrected chi connectivity index (χ0v) is 15.3. The van der Waals surface area contributed by atoms with Gasteiger partial charge in [0.1, 0.15) is 0 Å². The van der Waals surface area contributed by atoms with Crippen molar-refractivity contribution in [3.05, 3.63) is 63.0 Å². The van der Waals surface area contributed by atoms with E-state index in [1.54, 1.807) is 48.5 Å². The summed E-state index contributed by atoms with van der Waals surface area (Å²) in [5.41, 5.74) is 1.80. The van der Waals surface area contributed by atoms with E-state index >= 15 is 0 Å². The predicted molar refractivity (Wildman–Crippen MR) is 105 cm³/mol. The number of halogens is 2. The average molecular weight is 408 g/mol. The Balaban J connectivity index is 1.62. The zero-order chi connectivity index (χ0) is 18.7. The van der Waals surface area contributed by atoms with E-state index in [9.17, 15) is 14.4 Å². The van der Waals surface area contributed by atoms with Crippen molar-refractivity contribution in [2.24, 2.45) is 0 Å². The highest BCUT2D eigenvalue weighted by Crippen LogP contribution is 2.26. The number of carbonyl (C=O) groups is 3. The maximum Gasteiger partial charge on any atom is 0.323 e.